The minimum atomic E-state index is 0.106. The van der Waals surface area contributed by atoms with Crippen molar-refractivity contribution >= 4 is 11.8 Å². The van der Waals surface area contributed by atoms with E-state index >= 15 is 0 Å². The molecule has 0 radical (unpaired) electrons. The summed E-state index contributed by atoms with van der Waals surface area (Å²) in [5.41, 5.74) is 2.89. The highest BCUT2D eigenvalue weighted by Gasteiger charge is 2.28. The van der Waals surface area contributed by atoms with E-state index < -0.39 is 0 Å². The summed E-state index contributed by atoms with van der Waals surface area (Å²) in [5.74, 6) is 0.454. The fourth-order valence-electron chi connectivity index (χ4n) is 2.98. The van der Waals surface area contributed by atoms with Crippen LogP contribution in [0.5, 0.6) is 0 Å². The molecule has 122 valence electrons. The summed E-state index contributed by atoms with van der Waals surface area (Å²) in [5, 5.41) is 0. The first-order valence-electron chi connectivity index (χ1n) is 8.46. The maximum absolute atomic E-state index is 2.33. The molecule has 0 N–H and O–H groups in total. The summed E-state index contributed by atoms with van der Waals surface area (Å²) >= 11 is 1.81. The molecule has 0 spiro atoms. The van der Waals surface area contributed by atoms with Gasteiger partial charge in [-0.25, -0.2) is 0 Å². The molecule has 1 unspecified atom stereocenters. The van der Waals surface area contributed by atoms with Crippen LogP contribution < -0.4 is 0 Å². The fourth-order valence-corrected chi connectivity index (χ4v) is 3.82. The maximum Gasteiger partial charge on any atom is 0.0122 e. The Kier molecular flexibility index (Phi) is 5.11. The molecule has 3 rings (SSSR count). The zero-order chi connectivity index (χ0) is 17.0. The van der Waals surface area contributed by atoms with Crippen LogP contribution in [0.3, 0.4) is 0 Å². The summed E-state index contributed by atoms with van der Waals surface area (Å²) < 4.78 is 0. The van der Waals surface area contributed by atoms with E-state index in [1.165, 1.54) is 20.9 Å². The number of rotatable bonds is 5. The van der Waals surface area contributed by atoms with Crippen molar-refractivity contribution in [3.63, 3.8) is 0 Å². The molecule has 0 amide bonds. The highest BCUT2D eigenvalue weighted by molar-refractivity contribution is 7.99. The standard InChI is InChI=1S/C23H24S/c1-18(23(2,3)20-10-6-4-7-11-20)19-14-16-22(17-15-19)24-21-12-8-5-9-13-21/h4-18H,1-3H3. The average molecular weight is 333 g/mol. The van der Waals surface area contributed by atoms with Crippen LogP contribution in [0, 0.1) is 0 Å². The molecule has 24 heavy (non-hydrogen) atoms. The Hall–Kier alpha value is -1.99. The molecule has 1 atom stereocenters. The van der Waals surface area contributed by atoms with Crippen LogP contribution in [-0.4, -0.2) is 0 Å². The van der Waals surface area contributed by atoms with Crippen molar-refractivity contribution in [2.45, 2.75) is 41.9 Å². The van der Waals surface area contributed by atoms with E-state index in [1.54, 1.807) is 0 Å². The molecule has 0 aromatic heterocycles. The van der Waals surface area contributed by atoms with E-state index in [0.717, 1.165) is 0 Å². The second kappa shape index (κ2) is 7.27. The van der Waals surface area contributed by atoms with Crippen molar-refractivity contribution in [2.24, 2.45) is 0 Å². The fraction of sp³-hybridized carbons (Fsp3) is 0.217. The zero-order valence-electron chi connectivity index (χ0n) is 14.6. The summed E-state index contributed by atoms with van der Waals surface area (Å²) in [4.78, 5) is 2.57. The first kappa shape index (κ1) is 16.9. The van der Waals surface area contributed by atoms with Crippen molar-refractivity contribution in [3.8, 4) is 0 Å². The Morgan fingerprint density at radius 3 is 1.75 bits per heavy atom. The predicted molar refractivity (Wildman–Crippen MR) is 105 cm³/mol. The van der Waals surface area contributed by atoms with Gasteiger partial charge in [0.05, 0.1) is 0 Å². The molecule has 1 heteroatoms. The molecule has 0 fully saturated rings. The van der Waals surface area contributed by atoms with E-state index in [4.69, 9.17) is 0 Å². The van der Waals surface area contributed by atoms with Crippen LogP contribution in [-0.2, 0) is 5.41 Å². The number of hydrogen-bond donors (Lipinski definition) is 0. The van der Waals surface area contributed by atoms with Crippen molar-refractivity contribution in [2.75, 3.05) is 0 Å². The van der Waals surface area contributed by atoms with Gasteiger partial charge in [0.25, 0.3) is 0 Å². The van der Waals surface area contributed by atoms with Gasteiger partial charge in [0, 0.05) is 9.79 Å². The second-order valence-corrected chi connectivity index (χ2v) is 7.94. The third-order valence-electron chi connectivity index (χ3n) is 4.96. The van der Waals surface area contributed by atoms with Crippen LogP contribution in [0.15, 0.2) is 94.7 Å². The van der Waals surface area contributed by atoms with Gasteiger partial charge in [0.15, 0.2) is 0 Å². The molecule has 0 bridgehead atoms. The van der Waals surface area contributed by atoms with Crippen LogP contribution >= 0.6 is 11.8 Å². The first-order chi connectivity index (χ1) is 11.6. The molecule has 0 aliphatic carbocycles. The molecule has 0 aliphatic rings. The average Bonchev–Trinajstić information content (AvgIpc) is 2.63. The quantitative estimate of drug-likeness (QED) is 0.488. The van der Waals surface area contributed by atoms with E-state index in [0.29, 0.717) is 5.92 Å². The Morgan fingerprint density at radius 1 is 0.667 bits per heavy atom. The highest BCUT2D eigenvalue weighted by atomic mass is 32.2. The maximum atomic E-state index is 2.33. The monoisotopic (exact) mass is 332 g/mol. The SMILES string of the molecule is CC(c1ccc(Sc2ccccc2)cc1)C(C)(C)c1ccccc1. The van der Waals surface area contributed by atoms with Gasteiger partial charge < -0.3 is 0 Å². The largest absolute Gasteiger partial charge is 0.0901 e. The summed E-state index contributed by atoms with van der Waals surface area (Å²) in [6.07, 6.45) is 0. The zero-order valence-corrected chi connectivity index (χ0v) is 15.4. The molecule has 0 nitrogen and oxygen atoms in total. The lowest BCUT2D eigenvalue weighted by atomic mass is 9.71. The molecular formula is C23H24S. The topological polar surface area (TPSA) is 0 Å². The van der Waals surface area contributed by atoms with E-state index in [9.17, 15) is 0 Å². The molecule has 3 aromatic carbocycles. The van der Waals surface area contributed by atoms with Crippen LogP contribution in [0.1, 0.15) is 37.8 Å². The summed E-state index contributed by atoms with van der Waals surface area (Å²) in [6, 6.07) is 30.4. The van der Waals surface area contributed by atoms with E-state index in [1.807, 2.05) is 11.8 Å². The third-order valence-corrected chi connectivity index (χ3v) is 5.98. The molecule has 0 aliphatic heterocycles. The minimum absolute atomic E-state index is 0.106. The van der Waals surface area contributed by atoms with E-state index in [2.05, 4.69) is 106 Å². The van der Waals surface area contributed by atoms with Crippen LogP contribution in [0.4, 0.5) is 0 Å². The number of hydrogen-bond acceptors (Lipinski definition) is 1. The van der Waals surface area contributed by atoms with Crippen LogP contribution in [0.25, 0.3) is 0 Å². The Labute approximate surface area is 149 Å². The van der Waals surface area contributed by atoms with Gasteiger partial charge >= 0.3 is 0 Å². The number of benzene rings is 3. The lowest BCUT2D eigenvalue weighted by Gasteiger charge is -2.33. The first-order valence-corrected chi connectivity index (χ1v) is 9.27. The highest BCUT2D eigenvalue weighted by Crippen LogP contribution is 2.39. The summed E-state index contributed by atoms with van der Waals surface area (Å²) in [7, 11) is 0. The van der Waals surface area contributed by atoms with Gasteiger partial charge in [-0.15, -0.1) is 0 Å². The molecule has 0 heterocycles. The van der Waals surface area contributed by atoms with Gasteiger partial charge in [-0.3, -0.25) is 0 Å². The van der Waals surface area contributed by atoms with Gasteiger partial charge in [0.1, 0.15) is 0 Å². The van der Waals surface area contributed by atoms with Gasteiger partial charge in [0.2, 0.25) is 0 Å². The Bertz CT molecular complexity index is 758. The minimum Gasteiger partial charge on any atom is -0.0901 e. The van der Waals surface area contributed by atoms with Crippen molar-refractivity contribution in [3.05, 3.63) is 96.1 Å². The summed E-state index contributed by atoms with van der Waals surface area (Å²) in [6.45, 7) is 6.99. The molecule has 0 saturated heterocycles. The van der Waals surface area contributed by atoms with Crippen molar-refractivity contribution < 1.29 is 0 Å². The lowest BCUT2D eigenvalue weighted by molar-refractivity contribution is 0.436. The van der Waals surface area contributed by atoms with Crippen molar-refractivity contribution in [1.82, 2.24) is 0 Å². The Morgan fingerprint density at radius 2 is 1.17 bits per heavy atom. The smallest absolute Gasteiger partial charge is 0.0122 e. The lowest BCUT2D eigenvalue weighted by Crippen LogP contribution is -2.24. The normalized spacial score (nSPS) is 12.8. The van der Waals surface area contributed by atoms with Gasteiger partial charge in [-0.2, -0.15) is 0 Å². The Balaban J connectivity index is 1.77. The van der Waals surface area contributed by atoms with E-state index in [-0.39, 0.29) is 5.41 Å². The van der Waals surface area contributed by atoms with Crippen LogP contribution in [0.2, 0.25) is 0 Å². The molecular weight excluding hydrogens is 308 g/mol. The van der Waals surface area contributed by atoms with Gasteiger partial charge in [-0.1, -0.05) is 93.2 Å². The molecule has 0 saturated carbocycles. The van der Waals surface area contributed by atoms with Crippen molar-refractivity contribution in [1.29, 1.82) is 0 Å². The van der Waals surface area contributed by atoms with Gasteiger partial charge in [-0.05, 0) is 46.7 Å². The predicted octanol–water partition coefficient (Wildman–Crippen LogP) is 6.92. The second-order valence-electron chi connectivity index (χ2n) is 6.79. The third kappa shape index (κ3) is 3.73. The molecule has 3 aromatic rings.